The van der Waals surface area contributed by atoms with E-state index in [1.54, 1.807) is 0 Å². The molecule has 6 nitrogen and oxygen atoms in total. The minimum atomic E-state index is -5.73. The van der Waals surface area contributed by atoms with Gasteiger partial charge in [-0.2, -0.15) is 35.0 Å². The molecule has 28 heavy (non-hydrogen) atoms. The predicted molar refractivity (Wildman–Crippen MR) is 84.2 cm³/mol. The van der Waals surface area contributed by atoms with Crippen molar-refractivity contribution in [2.45, 2.75) is 11.0 Å². The van der Waals surface area contributed by atoms with Crippen LogP contribution in [0.4, 0.5) is 26.3 Å². The minimum Gasteiger partial charge on any atom is -0.203 e. The molecule has 0 amide bonds. The number of hydrogen-bond donors (Lipinski definition) is 0. The summed E-state index contributed by atoms with van der Waals surface area (Å²) in [6.45, 7) is -3.82. The van der Waals surface area contributed by atoms with E-state index in [0.717, 1.165) is 0 Å². The third-order valence-corrected chi connectivity index (χ3v) is 5.81. The van der Waals surface area contributed by atoms with Gasteiger partial charge in [0.05, 0.1) is 26.2 Å². The van der Waals surface area contributed by atoms with Gasteiger partial charge in [-0.1, -0.05) is 23.7 Å². The summed E-state index contributed by atoms with van der Waals surface area (Å²) >= 11 is 0. The van der Waals surface area contributed by atoms with Crippen LogP contribution in [0.3, 0.4) is 0 Å². The van der Waals surface area contributed by atoms with Crippen molar-refractivity contribution in [3.63, 3.8) is 0 Å². The number of hydrogen-bond acceptors (Lipinski definition) is 4. The molecule has 0 radical (unpaired) electrons. The molecule has 0 atom stereocenters. The molecule has 0 aromatic rings. The highest BCUT2D eigenvalue weighted by Gasteiger charge is 2.50. The van der Waals surface area contributed by atoms with Crippen LogP contribution in [0.1, 0.15) is 0 Å². The largest absolute Gasteiger partial charge is 0.511 e. The molecule has 0 aliphatic carbocycles. The summed E-state index contributed by atoms with van der Waals surface area (Å²) in [6.07, 6.45) is 0. The Balaban J connectivity index is 3.22. The van der Waals surface area contributed by atoms with Crippen molar-refractivity contribution in [2.75, 3.05) is 26.2 Å². The SMILES string of the molecule is O=S(=O)(N1CC#CC#CCN(S(=O)(=O)C(F)(F)F)CC#CC#CC1)C(F)(F)F. The van der Waals surface area contributed by atoms with E-state index in [1.807, 2.05) is 47.4 Å². The van der Waals surface area contributed by atoms with Gasteiger partial charge in [0.2, 0.25) is 0 Å². The molecule has 0 N–H and O–H groups in total. The van der Waals surface area contributed by atoms with Crippen molar-refractivity contribution in [3.05, 3.63) is 0 Å². The van der Waals surface area contributed by atoms with Crippen LogP contribution < -0.4 is 0 Å². The maximum Gasteiger partial charge on any atom is 0.511 e. The van der Waals surface area contributed by atoms with Gasteiger partial charge in [-0.3, -0.25) is 0 Å². The van der Waals surface area contributed by atoms with Gasteiger partial charge < -0.3 is 0 Å². The van der Waals surface area contributed by atoms with E-state index in [0.29, 0.717) is 0 Å². The Morgan fingerprint density at radius 1 is 0.536 bits per heavy atom. The van der Waals surface area contributed by atoms with Gasteiger partial charge in [0.15, 0.2) is 0 Å². The van der Waals surface area contributed by atoms with Gasteiger partial charge in [0.1, 0.15) is 0 Å². The van der Waals surface area contributed by atoms with Crippen molar-refractivity contribution in [3.8, 4) is 47.4 Å². The van der Waals surface area contributed by atoms with Crippen LogP contribution in [0.2, 0.25) is 0 Å². The fourth-order valence-corrected chi connectivity index (χ4v) is 2.96. The average Bonchev–Trinajstić information content (AvgIpc) is 2.54. The van der Waals surface area contributed by atoms with E-state index in [4.69, 9.17) is 0 Å². The fraction of sp³-hybridized carbons (Fsp3) is 0.429. The van der Waals surface area contributed by atoms with Crippen LogP contribution >= 0.6 is 0 Å². The van der Waals surface area contributed by atoms with Crippen LogP contribution in [0.5, 0.6) is 0 Å². The third-order valence-electron chi connectivity index (χ3n) is 2.77. The lowest BCUT2D eigenvalue weighted by Crippen LogP contribution is -2.41. The summed E-state index contributed by atoms with van der Waals surface area (Å²) in [5.74, 6) is 15.6. The number of nitrogens with zero attached hydrogens (tertiary/aromatic N) is 2. The first-order valence-electron chi connectivity index (χ1n) is 6.75. The maximum atomic E-state index is 12.6. The quantitative estimate of drug-likeness (QED) is 0.453. The zero-order chi connectivity index (χ0) is 21.6. The zero-order valence-corrected chi connectivity index (χ0v) is 15.1. The number of rotatable bonds is 2. The van der Waals surface area contributed by atoms with Gasteiger partial charge in [-0.25, -0.2) is 16.8 Å². The normalized spacial score (nSPS) is 17.4. The summed E-state index contributed by atoms with van der Waals surface area (Å²) in [6, 6.07) is 0. The molecule has 152 valence electrons. The molecule has 0 bridgehead atoms. The van der Waals surface area contributed by atoms with Crippen molar-refractivity contribution >= 4 is 20.0 Å². The first kappa shape index (κ1) is 23.7. The summed E-state index contributed by atoms with van der Waals surface area (Å²) in [4.78, 5) is 0. The Bertz CT molecular complexity index is 931. The van der Waals surface area contributed by atoms with Crippen molar-refractivity contribution in [1.29, 1.82) is 0 Å². The Hall–Kier alpha value is -2.36. The smallest absolute Gasteiger partial charge is 0.203 e. The monoisotopic (exact) mass is 446 g/mol. The second kappa shape index (κ2) is 8.76. The highest BCUT2D eigenvalue weighted by Crippen LogP contribution is 2.27. The molecule has 0 saturated heterocycles. The van der Waals surface area contributed by atoms with Crippen molar-refractivity contribution in [2.24, 2.45) is 0 Å². The number of sulfonamides is 2. The average molecular weight is 446 g/mol. The zero-order valence-electron chi connectivity index (χ0n) is 13.4. The van der Waals surface area contributed by atoms with E-state index in [1.165, 1.54) is 0 Å². The Labute approximate surface area is 157 Å². The van der Waals surface area contributed by atoms with Crippen LogP contribution in [0.25, 0.3) is 0 Å². The van der Waals surface area contributed by atoms with Gasteiger partial charge in [0, 0.05) is 0 Å². The summed E-state index contributed by atoms with van der Waals surface area (Å²) in [5, 5.41) is 0. The van der Waals surface area contributed by atoms with E-state index >= 15 is 0 Å². The van der Waals surface area contributed by atoms with Gasteiger partial charge >= 0.3 is 31.1 Å². The maximum absolute atomic E-state index is 12.6. The third kappa shape index (κ3) is 5.82. The number of alkyl halides is 6. The second-order valence-electron chi connectivity index (χ2n) is 4.64. The molecule has 0 aromatic carbocycles. The van der Waals surface area contributed by atoms with Gasteiger partial charge in [0.25, 0.3) is 0 Å². The molecule has 1 rings (SSSR count). The highest BCUT2D eigenvalue weighted by atomic mass is 32.2. The van der Waals surface area contributed by atoms with Gasteiger partial charge in [-0.15, -0.1) is 0 Å². The molecular formula is C14H8F6N2O4S2. The van der Waals surface area contributed by atoms with Gasteiger partial charge in [-0.05, 0) is 23.7 Å². The van der Waals surface area contributed by atoms with E-state index in [-0.39, 0.29) is 8.61 Å². The second-order valence-corrected chi connectivity index (χ2v) is 8.50. The van der Waals surface area contributed by atoms with E-state index < -0.39 is 57.2 Å². The molecule has 14 heteroatoms. The molecular weight excluding hydrogens is 438 g/mol. The lowest BCUT2D eigenvalue weighted by Gasteiger charge is -2.18. The Morgan fingerprint density at radius 3 is 0.929 bits per heavy atom. The minimum absolute atomic E-state index is 0.0808. The molecule has 0 saturated carbocycles. The summed E-state index contributed by atoms with van der Waals surface area (Å²) < 4.78 is 121. The first-order chi connectivity index (χ1) is 12.7. The highest BCUT2D eigenvalue weighted by molar-refractivity contribution is 7.90. The molecule has 0 aromatic heterocycles. The summed E-state index contributed by atoms with van der Waals surface area (Å²) in [5.41, 5.74) is -11.2. The van der Waals surface area contributed by atoms with Crippen LogP contribution in [0.15, 0.2) is 0 Å². The molecule has 0 fully saturated rings. The van der Waals surface area contributed by atoms with Crippen molar-refractivity contribution in [1.82, 2.24) is 8.61 Å². The Morgan fingerprint density at radius 2 is 0.750 bits per heavy atom. The van der Waals surface area contributed by atoms with Crippen LogP contribution in [0, 0.1) is 47.4 Å². The van der Waals surface area contributed by atoms with Crippen molar-refractivity contribution < 1.29 is 43.2 Å². The molecule has 1 aliphatic rings. The lowest BCUT2D eigenvalue weighted by molar-refractivity contribution is -0.0488. The van der Waals surface area contributed by atoms with E-state index in [9.17, 15) is 43.2 Å². The summed E-state index contributed by atoms with van der Waals surface area (Å²) in [7, 11) is -11.5. The van der Waals surface area contributed by atoms with Crippen LogP contribution in [-0.2, 0) is 20.0 Å². The standard InChI is InChI=1S/C14H8F6N2O4S2/c15-13(16,17)27(23,24)21-9-5-1-2-6-10-22(12-8-4-3-7-11-21)28(25,26)14(18,19)20/h9-12H2. The van der Waals surface area contributed by atoms with Crippen LogP contribution in [-0.4, -0.2) is 62.6 Å². The molecule has 1 heterocycles. The lowest BCUT2D eigenvalue weighted by atomic mass is 10.4. The molecule has 0 unspecified atom stereocenters. The predicted octanol–water partition coefficient (Wildman–Crippen LogP) is 0.317. The first-order valence-corrected chi connectivity index (χ1v) is 9.63. The Kier molecular flexibility index (Phi) is 7.41. The molecule has 1 aliphatic heterocycles. The molecule has 0 spiro atoms. The fourth-order valence-electron chi connectivity index (χ4n) is 1.43. The topological polar surface area (TPSA) is 74.8 Å². The number of halogens is 6. The van der Waals surface area contributed by atoms with E-state index in [2.05, 4.69) is 0 Å².